The summed E-state index contributed by atoms with van der Waals surface area (Å²) in [6.45, 7) is 3.54. The van der Waals surface area contributed by atoms with Gasteiger partial charge in [-0.2, -0.15) is 0 Å². The second-order valence-corrected chi connectivity index (χ2v) is 16.7. The van der Waals surface area contributed by atoms with Crippen molar-refractivity contribution in [3.63, 3.8) is 0 Å². The van der Waals surface area contributed by atoms with Gasteiger partial charge in [0.05, 0.1) is 0 Å². The van der Waals surface area contributed by atoms with Crippen molar-refractivity contribution in [2.45, 2.75) is 94.6 Å². The molecule has 5 nitrogen and oxygen atoms in total. The minimum absolute atomic E-state index is 0.292. The summed E-state index contributed by atoms with van der Waals surface area (Å²) in [5.74, 6) is 6.07. The Morgan fingerprint density at radius 3 is 2.59 bits per heavy atom. The van der Waals surface area contributed by atoms with Crippen LogP contribution in [0.1, 0.15) is 82.6 Å². The number of rotatable bonds is 6. The number of aliphatic hydroxyl groups is 1. The largest absolute Gasteiger partial charge is 0.454 e. The lowest BCUT2D eigenvalue weighted by Crippen LogP contribution is -2.57. The molecule has 0 radical (unpaired) electrons. The number of piperidine rings is 1. The molecule has 4 aliphatic heterocycles. The van der Waals surface area contributed by atoms with Crippen LogP contribution in [0.3, 0.4) is 0 Å². The van der Waals surface area contributed by atoms with E-state index in [-0.39, 0.29) is 0 Å². The van der Waals surface area contributed by atoms with Crippen molar-refractivity contribution < 1.29 is 14.6 Å². The first-order valence-corrected chi connectivity index (χ1v) is 17.3. The van der Waals surface area contributed by atoms with Gasteiger partial charge in [-0.05, 0) is 91.4 Å². The van der Waals surface area contributed by atoms with Gasteiger partial charge in [-0.3, -0.25) is 4.90 Å². The molecule has 3 atom stereocenters. The molecule has 1 aliphatic carbocycles. The molecule has 37 heavy (non-hydrogen) atoms. The summed E-state index contributed by atoms with van der Waals surface area (Å²) in [5, 5.41) is 16.4. The number of ether oxygens (including phenoxy) is 2. The average molecular weight is 529 g/mol. The van der Waals surface area contributed by atoms with E-state index in [2.05, 4.69) is 22.4 Å². The summed E-state index contributed by atoms with van der Waals surface area (Å²) in [5.41, 5.74) is 1.49. The highest BCUT2D eigenvalue weighted by Crippen LogP contribution is 2.61. The number of aliphatic hydroxyl groups excluding tert-OH is 1. The summed E-state index contributed by atoms with van der Waals surface area (Å²) in [6.07, 6.45) is 20.2. The summed E-state index contributed by atoms with van der Waals surface area (Å²) < 4.78 is 11.1. The highest BCUT2D eigenvalue weighted by Gasteiger charge is 2.44. The Morgan fingerprint density at radius 2 is 1.76 bits per heavy atom. The van der Waals surface area contributed by atoms with E-state index < -0.39 is 16.3 Å². The van der Waals surface area contributed by atoms with E-state index in [0.717, 1.165) is 35.4 Å². The lowest BCUT2D eigenvalue weighted by Gasteiger charge is -2.50. The predicted molar refractivity (Wildman–Crippen MR) is 155 cm³/mol. The zero-order chi connectivity index (χ0) is 25.1. The van der Waals surface area contributed by atoms with Crippen LogP contribution in [0.15, 0.2) is 24.3 Å². The molecule has 0 aromatic heterocycles. The highest BCUT2D eigenvalue weighted by molar-refractivity contribution is 8.34. The van der Waals surface area contributed by atoms with Gasteiger partial charge in [0.25, 0.3) is 0 Å². The predicted octanol–water partition coefficient (Wildman–Crippen LogP) is 5.90. The van der Waals surface area contributed by atoms with Crippen LogP contribution in [0, 0.1) is 5.41 Å². The average Bonchev–Trinajstić information content (AvgIpc) is 3.47. The van der Waals surface area contributed by atoms with E-state index in [1.54, 1.807) is 0 Å². The Labute approximate surface area is 225 Å². The minimum atomic E-state index is -0.557. The van der Waals surface area contributed by atoms with Crippen molar-refractivity contribution in [1.82, 2.24) is 10.2 Å². The van der Waals surface area contributed by atoms with Gasteiger partial charge in [-0.25, -0.2) is 10.0 Å². The van der Waals surface area contributed by atoms with E-state index in [9.17, 15) is 5.11 Å². The standard InChI is InChI=1S/C31H48N2O3S/c34-30(13-11-25-10-12-28-29(19-25)36-24-35-28)33(26-20-31(23-32-21-26)14-4-3-5-15-31)22-27-9-8-18-37(27)16-6-1-2-7-17-37/h10-13,19,26-27,30,32,34H,1-9,14-18,20-24H2/b13-11+. The Hall–Kier alpha value is -1.21. The van der Waals surface area contributed by atoms with Crippen LogP contribution in [0.2, 0.25) is 0 Å². The summed E-state index contributed by atoms with van der Waals surface area (Å²) >= 11 is 0. The number of hydrogen-bond acceptors (Lipinski definition) is 5. The minimum Gasteiger partial charge on any atom is -0.454 e. The maximum atomic E-state index is 11.8. The zero-order valence-electron chi connectivity index (χ0n) is 22.7. The van der Waals surface area contributed by atoms with E-state index in [1.807, 2.05) is 18.2 Å². The lowest BCUT2D eigenvalue weighted by molar-refractivity contribution is -0.0251. The molecule has 1 aromatic rings. The molecule has 3 unspecified atom stereocenters. The highest BCUT2D eigenvalue weighted by atomic mass is 32.3. The molecule has 4 heterocycles. The first-order valence-electron chi connectivity index (χ1n) is 15.1. The van der Waals surface area contributed by atoms with Crippen molar-refractivity contribution in [2.75, 3.05) is 43.7 Å². The second-order valence-electron chi connectivity index (χ2n) is 12.5. The molecule has 2 N–H and O–H groups in total. The van der Waals surface area contributed by atoms with E-state index in [0.29, 0.717) is 18.2 Å². The molecule has 0 amide bonds. The van der Waals surface area contributed by atoms with Crippen molar-refractivity contribution in [1.29, 1.82) is 0 Å². The maximum absolute atomic E-state index is 11.8. The molecule has 2 spiro atoms. The molecule has 1 aromatic carbocycles. The van der Waals surface area contributed by atoms with Crippen LogP contribution >= 0.6 is 10.0 Å². The molecule has 6 heteroatoms. The van der Waals surface area contributed by atoms with Crippen molar-refractivity contribution in [3.05, 3.63) is 29.8 Å². The van der Waals surface area contributed by atoms with E-state index in [1.165, 1.54) is 101 Å². The monoisotopic (exact) mass is 528 g/mol. The number of nitrogens with zero attached hydrogens (tertiary/aromatic N) is 1. The Bertz CT molecular complexity index is 933. The SMILES string of the molecule is OC(/C=C/c1ccc2c(c1)OCO2)N(CC1CCCS12CCCCCC2)C1CNCC2(CCCCC2)C1. The Balaban J connectivity index is 1.23. The third-order valence-corrected chi connectivity index (χ3v) is 15.3. The van der Waals surface area contributed by atoms with Crippen LogP contribution in [-0.4, -0.2) is 71.2 Å². The summed E-state index contributed by atoms with van der Waals surface area (Å²) in [4.78, 5) is 2.53. The third-order valence-electron chi connectivity index (χ3n) is 10.2. The number of nitrogens with one attached hydrogen (secondary N) is 1. The molecule has 5 aliphatic rings. The van der Waals surface area contributed by atoms with Crippen LogP contribution in [0.4, 0.5) is 0 Å². The first kappa shape index (κ1) is 26.0. The zero-order valence-corrected chi connectivity index (χ0v) is 23.5. The Kier molecular flexibility index (Phi) is 8.09. The summed E-state index contributed by atoms with van der Waals surface area (Å²) in [6, 6.07) is 6.46. The quantitative estimate of drug-likeness (QED) is 0.450. The van der Waals surface area contributed by atoms with Crippen molar-refractivity contribution >= 4 is 16.1 Å². The van der Waals surface area contributed by atoms with Gasteiger partial charge < -0.3 is 19.9 Å². The van der Waals surface area contributed by atoms with E-state index in [4.69, 9.17) is 9.47 Å². The van der Waals surface area contributed by atoms with Crippen LogP contribution < -0.4 is 14.8 Å². The van der Waals surface area contributed by atoms with Crippen LogP contribution in [0.25, 0.3) is 6.08 Å². The molecule has 0 bridgehead atoms. The Morgan fingerprint density at radius 1 is 1.00 bits per heavy atom. The molecule has 3 saturated heterocycles. The maximum Gasteiger partial charge on any atom is 0.231 e. The topological polar surface area (TPSA) is 54.0 Å². The number of fused-ring (bicyclic) bond motifs is 1. The van der Waals surface area contributed by atoms with Crippen LogP contribution in [0.5, 0.6) is 11.5 Å². The molecular formula is C31H48N2O3S. The molecule has 206 valence electrons. The molecular weight excluding hydrogens is 480 g/mol. The fraction of sp³-hybridized carbons (Fsp3) is 0.742. The second kappa shape index (κ2) is 11.5. The van der Waals surface area contributed by atoms with Gasteiger partial charge in [0.15, 0.2) is 11.5 Å². The fourth-order valence-electron chi connectivity index (χ4n) is 8.13. The smallest absolute Gasteiger partial charge is 0.231 e. The van der Waals surface area contributed by atoms with Crippen molar-refractivity contribution in [2.24, 2.45) is 5.41 Å². The van der Waals surface area contributed by atoms with Crippen LogP contribution in [-0.2, 0) is 0 Å². The molecule has 1 saturated carbocycles. The number of hydrogen-bond donors (Lipinski definition) is 2. The van der Waals surface area contributed by atoms with E-state index >= 15 is 0 Å². The van der Waals surface area contributed by atoms with Gasteiger partial charge in [-0.15, -0.1) is 0 Å². The van der Waals surface area contributed by atoms with Gasteiger partial charge in [0.2, 0.25) is 6.79 Å². The fourth-order valence-corrected chi connectivity index (χ4v) is 13.2. The summed E-state index contributed by atoms with van der Waals surface area (Å²) in [7, 11) is -0.542. The van der Waals surface area contributed by atoms with Crippen molar-refractivity contribution in [3.8, 4) is 11.5 Å². The molecule has 6 rings (SSSR count). The van der Waals surface area contributed by atoms with Gasteiger partial charge in [0.1, 0.15) is 6.23 Å². The lowest BCUT2D eigenvalue weighted by atomic mass is 9.68. The first-order chi connectivity index (χ1) is 18.1. The van der Waals surface area contributed by atoms with Gasteiger partial charge >= 0.3 is 0 Å². The number of benzene rings is 1. The third kappa shape index (κ3) is 5.73. The van der Waals surface area contributed by atoms with Gasteiger partial charge in [0, 0.05) is 30.9 Å². The molecule has 4 fully saturated rings. The normalized spacial score (nSPS) is 30.6. The van der Waals surface area contributed by atoms with Gasteiger partial charge in [-0.1, -0.05) is 44.2 Å².